The molecular formula is C10H14F3N3OS. The number of anilines is 1. The molecule has 0 radical (unpaired) electrons. The minimum Gasteiger partial charge on any atom is -0.352 e. The standard InChI is InChI=1S/C10H14F3N3OS/c1-9(2,3)16-7(17)5-15-8-14-4-6(18-8)10(11,12)13/h4H,5H2,1-3H3,(H,14,15)(H,16,17). The van der Waals surface area contributed by atoms with Crippen LogP contribution in [0, 0.1) is 0 Å². The Labute approximate surface area is 107 Å². The summed E-state index contributed by atoms with van der Waals surface area (Å²) in [5, 5.41) is 5.31. The molecule has 1 aromatic heterocycles. The van der Waals surface area contributed by atoms with Crippen LogP contribution in [0.3, 0.4) is 0 Å². The maximum absolute atomic E-state index is 12.3. The highest BCUT2D eigenvalue weighted by molar-refractivity contribution is 7.15. The van der Waals surface area contributed by atoms with Crippen molar-refractivity contribution >= 4 is 22.4 Å². The second-order valence-electron chi connectivity index (χ2n) is 4.68. The first-order valence-electron chi connectivity index (χ1n) is 5.16. The van der Waals surface area contributed by atoms with Crippen LogP contribution in [0.1, 0.15) is 25.6 Å². The molecule has 0 bridgehead atoms. The number of nitrogens with zero attached hydrogens (tertiary/aromatic N) is 1. The van der Waals surface area contributed by atoms with Crippen molar-refractivity contribution in [3.8, 4) is 0 Å². The molecule has 1 amide bonds. The van der Waals surface area contributed by atoms with Gasteiger partial charge < -0.3 is 10.6 Å². The fourth-order valence-corrected chi connectivity index (χ4v) is 1.78. The third kappa shape index (κ3) is 4.91. The third-order valence-electron chi connectivity index (χ3n) is 1.70. The van der Waals surface area contributed by atoms with Gasteiger partial charge in [0, 0.05) is 5.54 Å². The number of aromatic nitrogens is 1. The van der Waals surface area contributed by atoms with Crippen molar-refractivity contribution in [2.24, 2.45) is 0 Å². The highest BCUT2D eigenvalue weighted by Crippen LogP contribution is 2.34. The van der Waals surface area contributed by atoms with Crippen molar-refractivity contribution in [1.82, 2.24) is 10.3 Å². The van der Waals surface area contributed by atoms with Crippen molar-refractivity contribution in [3.05, 3.63) is 11.1 Å². The van der Waals surface area contributed by atoms with Gasteiger partial charge in [-0.2, -0.15) is 13.2 Å². The summed E-state index contributed by atoms with van der Waals surface area (Å²) in [6, 6.07) is 0. The molecule has 0 saturated carbocycles. The molecule has 1 aromatic rings. The van der Waals surface area contributed by atoms with E-state index in [9.17, 15) is 18.0 Å². The molecule has 0 fully saturated rings. The van der Waals surface area contributed by atoms with Gasteiger partial charge in [-0.05, 0) is 20.8 Å². The van der Waals surface area contributed by atoms with Gasteiger partial charge in [-0.15, -0.1) is 0 Å². The Hall–Kier alpha value is -1.31. The Bertz CT molecular complexity index is 423. The lowest BCUT2D eigenvalue weighted by Crippen LogP contribution is -2.43. The van der Waals surface area contributed by atoms with E-state index in [1.165, 1.54) is 0 Å². The van der Waals surface area contributed by atoms with Crippen LogP contribution < -0.4 is 10.6 Å². The van der Waals surface area contributed by atoms with E-state index >= 15 is 0 Å². The number of carbonyl (C=O) groups excluding carboxylic acids is 1. The smallest absolute Gasteiger partial charge is 0.352 e. The third-order valence-corrected chi connectivity index (χ3v) is 2.70. The van der Waals surface area contributed by atoms with Gasteiger partial charge in [0.25, 0.3) is 0 Å². The maximum Gasteiger partial charge on any atom is 0.427 e. The minimum absolute atomic E-state index is 0.0754. The quantitative estimate of drug-likeness (QED) is 0.895. The van der Waals surface area contributed by atoms with Gasteiger partial charge in [0.1, 0.15) is 4.88 Å². The first-order valence-corrected chi connectivity index (χ1v) is 5.97. The molecule has 1 heterocycles. The predicted molar refractivity (Wildman–Crippen MR) is 63.5 cm³/mol. The van der Waals surface area contributed by atoms with E-state index in [0.29, 0.717) is 11.3 Å². The second-order valence-corrected chi connectivity index (χ2v) is 5.71. The summed E-state index contributed by atoms with van der Waals surface area (Å²) >= 11 is 0.473. The summed E-state index contributed by atoms with van der Waals surface area (Å²) in [6.45, 7) is 5.34. The van der Waals surface area contributed by atoms with Gasteiger partial charge in [-0.25, -0.2) is 4.98 Å². The number of thiazole rings is 1. The lowest BCUT2D eigenvalue weighted by atomic mass is 10.1. The number of hydrogen-bond donors (Lipinski definition) is 2. The molecule has 1 rings (SSSR count). The van der Waals surface area contributed by atoms with Crippen LogP contribution in [0.4, 0.5) is 18.3 Å². The van der Waals surface area contributed by atoms with Crippen LogP contribution >= 0.6 is 11.3 Å². The van der Waals surface area contributed by atoms with Gasteiger partial charge in [0.2, 0.25) is 5.91 Å². The van der Waals surface area contributed by atoms with Crippen molar-refractivity contribution in [1.29, 1.82) is 0 Å². The normalized spacial score (nSPS) is 12.3. The van der Waals surface area contributed by atoms with Gasteiger partial charge in [-0.1, -0.05) is 11.3 Å². The van der Waals surface area contributed by atoms with Crippen molar-refractivity contribution in [2.45, 2.75) is 32.5 Å². The van der Waals surface area contributed by atoms with E-state index in [2.05, 4.69) is 15.6 Å². The van der Waals surface area contributed by atoms with E-state index in [-0.39, 0.29) is 23.1 Å². The summed E-state index contributed by atoms with van der Waals surface area (Å²) in [5.74, 6) is -0.300. The van der Waals surface area contributed by atoms with E-state index in [0.717, 1.165) is 6.20 Å². The topological polar surface area (TPSA) is 54.0 Å². The molecule has 4 nitrogen and oxygen atoms in total. The molecule has 0 aliphatic carbocycles. The molecule has 0 unspecified atom stereocenters. The lowest BCUT2D eigenvalue weighted by molar-refractivity contribution is -0.134. The van der Waals surface area contributed by atoms with Gasteiger partial charge in [-0.3, -0.25) is 4.79 Å². The summed E-state index contributed by atoms with van der Waals surface area (Å²) in [5.41, 5.74) is -0.376. The average molecular weight is 281 g/mol. The van der Waals surface area contributed by atoms with E-state index < -0.39 is 11.1 Å². The number of alkyl halides is 3. The second kappa shape index (κ2) is 5.13. The van der Waals surface area contributed by atoms with Gasteiger partial charge >= 0.3 is 6.18 Å². The number of halogens is 3. The van der Waals surface area contributed by atoms with Crippen LogP contribution in [0.2, 0.25) is 0 Å². The number of carbonyl (C=O) groups is 1. The fraction of sp³-hybridized carbons (Fsp3) is 0.600. The van der Waals surface area contributed by atoms with Crippen LogP contribution in [-0.2, 0) is 11.0 Å². The van der Waals surface area contributed by atoms with E-state index in [1.807, 2.05) is 20.8 Å². The summed E-state index contributed by atoms with van der Waals surface area (Å²) in [7, 11) is 0. The molecule has 0 saturated heterocycles. The van der Waals surface area contributed by atoms with Crippen LogP contribution in [0.25, 0.3) is 0 Å². The Morgan fingerprint density at radius 1 is 1.39 bits per heavy atom. The van der Waals surface area contributed by atoms with Crippen molar-refractivity contribution < 1.29 is 18.0 Å². The Morgan fingerprint density at radius 2 is 2.00 bits per heavy atom. The first kappa shape index (κ1) is 14.7. The molecule has 8 heteroatoms. The fourth-order valence-electron chi connectivity index (χ4n) is 1.11. The van der Waals surface area contributed by atoms with Crippen LogP contribution in [0.5, 0.6) is 0 Å². The molecular weight excluding hydrogens is 267 g/mol. The maximum atomic E-state index is 12.3. The number of hydrogen-bond acceptors (Lipinski definition) is 4. The zero-order valence-electron chi connectivity index (χ0n) is 10.2. The number of nitrogens with one attached hydrogen (secondary N) is 2. The Kier molecular flexibility index (Phi) is 4.20. The summed E-state index contributed by atoms with van der Waals surface area (Å²) in [6.07, 6.45) is -3.65. The molecule has 2 N–H and O–H groups in total. The molecule has 0 atom stereocenters. The van der Waals surface area contributed by atoms with Crippen LogP contribution in [-0.4, -0.2) is 23.0 Å². The van der Waals surface area contributed by atoms with E-state index in [1.54, 1.807) is 0 Å². The SMILES string of the molecule is CC(C)(C)NC(=O)CNc1ncc(C(F)(F)F)s1. The highest BCUT2D eigenvalue weighted by Gasteiger charge is 2.33. The molecule has 0 aliphatic rings. The first-order chi connectivity index (χ1) is 8.08. The number of rotatable bonds is 3. The molecule has 0 aliphatic heterocycles. The largest absolute Gasteiger partial charge is 0.427 e. The predicted octanol–water partition coefficient (Wildman–Crippen LogP) is 2.49. The number of amides is 1. The Balaban J connectivity index is 2.50. The van der Waals surface area contributed by atoms with Crippen molar-refractivity contribution in [3.63, 3.8) is 0 Å². The van der Waals surface area contributed by atoms with Crippen LogP contribution in [0.15, 0.2) is 6.20 Å². The average Bonchev–Trinajstić information content (AvgIpc) is 2.59. The van der Waals surface area contributed by atoms with Crippen molar-refractivity contribution in [2.75, 3.05) is 11.9 Å². The molecule has 102 valence electrons. The minimum atomic E-state index is -4.40. The summed E-state index contributed by atoms with van der Waals surface area (Å²) < 4.78 is 36.9. The highest BCUT2D eigenvalue weighted by atomic mass is 32.1. The van der Waals surface area contributed by atoms with E-state index in [4.69, 9.17) is 0 Å². The van der Waals surface area contributed by atoms with Gasteiger partial charge in [0.15, 0.2) is 5.13 Å². The Morgan fingerprint density at radius 3 is 2.44 bits per heavy atom. The molecule has 0 aromatic carbocycles. The lowest BCUT2D eigenvalue weighted by Gasteiger charge is -2.20. The summed E-state index contributed by atoms with van der Waals surface area (Å²) in [4.78, 5) is 14.2. The zero-order chi connectivity index (χ0) is 14.0. The monoisotopic (exact) mass is 281 g/mol. The zero-order valence-corrected chi connectivity index (χ0v) is 11.0. The van der Waals surface area contributed by atoms with Gasteiger partial charge in [0.05, 0.1) is 12.7 Å². The molecule has 18 heavy (non-hydrogen) atoms. The molecule has 0 spiro atoms.